The second kappa shape index (κ2) is 11.1. The van der Waals surface area contributed by atoms with Crippen LogP contribution in [0.4, 0.5) is 0 Å². The molecule has 0 aliphatic carbocycles. The van der Waals surface area contributed by atoms with Crippen molar-refractivity contribution in [2.24, 2.45) is 5.92 Å². The molecule has 18 heavy (non-hydrogen) atoms. The Hall–Kier alpha value is -1.06. The summed E-state index contributed by atoms with van der Waals surface area (Å²) in [5.74, 6) is -0.320. The van der Waals surface area contributed by atoms with Crippen molar-refractivity contribution in [3.63, 3.8) is 0 Å². The average molecular weight is 258 g/mol. The first-order chi connectivity index (χ1) is 8.65. The minimum atomic E-state index is -0.185. The fraction of sp³-hybridized carbons (Fsp3) is 0.857. The lowest BCUT2D eigenvalue weighted by molar-refractivity contribution is -0.146. The molecule has 0 aromatic carbocycles. The molecule has 1 atom stereocenters. The molecule has 0 spiro atoms. The van der Waals surface area contributed by atoms with Crippen molar-refractivity contribution in [3.05, 3.63) is 0 Å². The van der Waals surface area contributed by atoms with Gasteiger partial charge < -0.3 is 9.47 Å². The summed E-state index contributed by atoms with van der Waals surface area (Å²) in [6, 6.07) is 0. The molecule has 0 fully saturated rings. The Balaban J connectivity index is 3.86. The van der Waals surface area contributed by atoms with Gasteiger partial charge in [0.05, 0.1) is 20.1 Å². The zero-order valence-electron chi connectivity index (χ0n) is 11.9. The zero-order chi connectivity index (χ0) is 13.8. The van der Waals surface area contributed by atoms with Gasteiger partial charge in [-0.1, -0.05) is 32.6 Å². The Labute approximate surface area is 110 Å². The van der Waals surface area contributed by atoms with E-state index < -0.39 is 0 Å². The third-order valence-corrected chi connectivity index (χ3v) is 3.10. The summed E-state index contributed by atoms with van der Waals surface area (Å²) in [5, 5.41) is 0. The highest BCUT2D eigenvalue weighted by Gasteiger charge is 2.18. The van der Waals surface area contributed by atoms with Crippen LogP contribution in [-0.4, -0.2) is 26.2 Å². The van der Waals surface area contributed by atoms with Gasteiger partial charge in [0, 0.05) is 6.42 Å². The van der Waals surface area contributed by atoms with Crippen LogP contribution in [0, 0.1) is 5.92 Å². The fourth-order valence-corrected chi connectivity index (χ4v) is 1.95. The van der Waals surface area contributed by atoms with E-state index in [1.807, 2.05) is 0 Å². The molecular weight excluding hydrogens is 232 g/mol. The number of ether oxygens (including phenoxy) is 2. The summed E-state index contributed by atoms with van der Waals surface area (Å²) in [4.78, 5) is 22.5. The molecule has 0 aromatic heterocycles. The van der Waals surface area contributed by atoms with Gasteiger partial charge in [-0.2, -0.15) is 0 Å². The fourth-order valence-electron chi connectivity index (χ4n) is 1.95. The number of esters is 2. The number of hydrogen-bond donors (Lipinski definition) is 0. The first-order valence-corrected chi connectivity index (χ1v) is 6.80. The van der Waals surface area contributed by atoms with E-state index in [-0.39, 0.29) is 17.9 Å². The van der Waals surface area contributed by atoms with E-state index in [0.717, 1.165) is 44.9 Å². The van der Waals surface area contributed by atoms with Crippen molar-refractivity contribution in [1.82, 2.24) is 0 Å². The van der Waals surface area contributed by atoms with E-state index in [9.17, 15) is 9.59 Å². The third-order valence-electron chi connectivity index (χ3n) is 3.10. The van der Waals surface area contributed by atoms with Crippen molar-refractivity contribution in [3.8, 4) is 0 Å². The van der Waals surface area contributed by atoms with E-state index >= 15 is 0 Å². The zero-order valence-corrected chi connectivity index (χ0v) is 11.9. The van der Waals surface area contributed by atoms with Crippen LogP contribution in [0.3, 0.4) is 0 Å². The Morgan fingerprint density at radius 2 is 1.56 bits per heavy atom. The van der Waals surface area contributed by atoms with Crippen LogP contribution in [0.5, 0.6) is 0 Å². The van der Waals surface area contributed by atoms with Gasteiger partial charge in [0.15, 0.2) is 0 Å². The van der Waals surface area contributed by atoms with Crippen LogP contribution < -0.4 is 0 Å². The maximum atomic E-state index is 11.6. The lowest BCUT2D eigenvalue weighted by Crippen LogP contribution is -2.16. The summed E-state index contributed by atoms with van der Waals surface area (Å²) >= 11 is 0. The molecule has 4 nitrogen and oxygen atoms in total. The highest BCUT2D eigenvalue weighted by molar-refractivity contribution is 5.72. The number of hydrogen-bond acceptors (Lipinski definition) is 4. The first kappa shape index (κ1) is 16.9. The molecule has 0 rings (SSSR count). The van der Waals surface area contributed by atoms with E-state index in [1.165, 1.54) is 14.2 Å². The van der Waals surface area contributed by atoms with Gasteiger partial charge in [-0.3, -0.25) is 9.59 Å². The Morgan fingerprint density at radius 3 is 2.06 bits per heavy atom. The lowest BCUT2D eigenvalue weighted by atomic mass is 9.95. The number of carbonyl (C=O) groups excluding carboxylic acids is 2. The Bertz CT molecular complexity index is 238. The van der Waals surface area contributed by atoms with Crippen molar-refractivity contribution < 1.29 is 19.1 Å². The minimum absolute atomic E-state index is 0.0146. The predicted molar refractivity (Wildman–Crippen MR) is 70.1 cm³/mol. The minimum Gasteiger partial charge on any atom is -0.469 e. The largest absolute Gasteiger partial charge is 0.469 e. The van der Waals surface area contributed by atoms with Crippen LogP contribution in [0.2, 0.25) is 0 Å². The summed E-state index contributed by atoms with van der Waals surface area (Å²) in [6.07, 6.45) is 7.11. The number of unbranched alkanes of at least 4 members (excludes halogenated alkanes) is 3. The maximum Gasteiger partial charge on any atom is 0.308 e. The quantitative estimate of drug-likeness (QED) is 0.446. The molecule has 4 heteroatoms. The monoisotopic (exact) mass is 258 g/mol. The molecule has 0 radical (unpaired) electrons. The summed E-state index contributed by atoms with van der Waals surface area (Å²) < 4.78 is 9.39. The molecule has 1 unspecified atom stereocenters. The van der Waals surface area contributed by atoms with Crippen molar-refractivity contribution in [1.29, 1.82) is 0 Å². The smallest absolute Gasteiger partial charge is 0.308 e. The molecule has 106 valence electrons. The van der Waals surface area contributed by atoms with Crippen molar-refractivity contribution in [2.45, 2.75) is 58.3 Å². The molecule has 0 amide bonds. The molecule has 0 heterocycles. The van der Waals surface area contributed by atoms with Gasteiger partial charge in [-0.15, -0.1) is 0 Å². The van der Waals surface area contributed by atoms with E-state index in [0.29, 0.717) is 6.42 Å². The molecular formula is C14H26O4. The molecule has 0 aliphatic heterocycles. The average Bonchev–Trinajstić information content (AvgIpc) is 2.40. The van der Waals surface area contributed by atoms with Gasteiger partial charge in [-0.05, 0) is 19.3 Å². The third kappa shape index (κ3) is 8.09. The normalized spacial score (nSPS) is 11.9. The highest BCUT2D eigenvalue weighted by Crippen LogP contribution is 2.19. The van der Waals surface area contributed by atoms with Gasteiger partial charge in [0.1, 0.15) is 0 Å². The molecule has 0 aromatic rings. The van der Waals surface area contributed by atoms with Gasteiger partial charge in [0.2, 0.25) is 0 Å². The van der Waals surface area contributed by atoms with E-state index in [2.05, 4.69) is 11.7 Å². The second-order valence-corrected chi connectivity index (χ2v) is 4.54. The standard InChI is InChI=1S/C14H26O4/c1-4-5-6-9-12(14(16)18-3)10-7-8-11-13(15)17-2/h12H,4-11H2,1-3H3. The second-order valence-electron chi connectivity index (χ2n) is 4.54. The highest BCUT2D eigenvalue weighted by atomic mass is 16.5. The Morgan fingerprint density at radius 1 is 0.944 bits per heavy atom. The van der Waals surface area contributed by atoms with E-state index in [1.54, 1.807) is 0 Å². The van der Waals surface area contributed by atoms with Crippen LogP contribution in [0.1, 0.15) is 58.3 Å². The lowest BCUT2D eigenvalue weighted by Gasteiger charge is -2.14. The van der Waals surface area contributed by atoms with Crippen molar-refractivity contribution in [2.75, 3.05) is 14.2 Å². The van der Waals surface area contributed by atoms with E-state index in [4.69, 9.17) is 4.74 Å². The van der Waals surface area contributed by atoms with Crippen LogP contribution in [-0.2, 0) is 19.1 Å². The van der Waals surface area contributed by atoms with Crippen LogP contribution in [0.15, 0.2) is 0 Å². The molecule has 0 saturated heterocycles. The number of carbonyl (C=O) groups is 2. The topological polar surface area (TPSA) is 52.6 Å². The SMILES string of the molecule is CCCCCC(CCCCC(=O)OC)C(=O)OC. The van der Waals surface area contributed by atoms with Crippen LogP contribution in [0.25, 0.3) is 0 Å². The molecule has 0 N–H and O–H groups in total. The summed E-state index contributed by atoms with van der Waals surface area (Å²) in [5.41, 5.74) is 0. The number of rotatable bonds is 10. The predicted octanol–water partition coefficient (Wildman–Crippen LogP) is 3.09. The van der Waals surface area contributed by atoms with Crippen molar-refractivity contribution >= 4 is 11.9 Å². The molecule has 0 saturated carbocycles. The van der Waals surface area contributed by atoms with Gasteiger partial charge in [-0.25, -0.2) is 0 Å². The van der Waals surface area contributed by atoms with Gasteiger partial charge >= 0.3 is 11.9 Å². The molecule has 0 bridgehead atoms. The number of methoxy groups -OCH3 is 2. The first-order valence-electron chi connectivity index (χ1n) is 6.80. The maximum absolute atomic E-state index is 11.6. The summed E-state index contributed by atoms with van der Waals surface area (Å²) in [6.45, 7) is 2.14. The Kier molecular flexibility index (Phi) is 10.4. The summed E-state index contributed by atoms with van der Waals surface area (Å²) in [7, 11) is 2.83. The van der Waals surface area contributed by atoms with Crippen LogP contribution >= 0.6 is 0 Å². The molecule has 0 aliphatic rings. The van der Waals surface area contributed by atoms with Gasteiger partial charge in [0.25, 0.3) is 0 Å².